The van der Waals surface area contributed by atoms with E-state index in [4.69, 9.17) is 47.4 Å². The molecule has 0 bridgehead atoms. The summed E-state index contributed by atoms with van der Waals surface area (Å²) in [5.41, 5.74) is 2.99. The van der Waals surface area contributed by atoms with E-state index in [1.54, 1.807) is 55.7 Å². The smallest absolute Gasteiger partial charge is 0.310 e. The molecule has 7 rings (SSSR count). The van der Waals surface area contributed by atoms with E-state index in [-0.39, 0.29) is 30.4 Å². The molecular weight excluding hydrogens is 714 g/mol. The lowest BCUT2D eigenvalue weighted by Crippen LogP contribution is -2.35. The molecule has 1 aliphatic carbocycles. The van der Waals surface area contributed by atoms with Gasteiger partial charge in [-0.05, 0) is 76.4 Å². The monoisotopic (exact) mass is 755 g/mol. The van der Waals surface area contributed by atoms with Crippen LogP contribution >= 0.6 is 0 Å². The third-order valence-corrected chi connectivity index (χ3v) is 10.2. The van der Waals surface area contributed by atoms with E-state index < -0.39 is 35.7 Å². The third kappa shape index (κ3) is 6.41. The van der Waals surface area contributed by atoms with Crippen LogP contribution in [0.25, 0.3) is 11.6 Å². The Labute approximate surface area is 317 Å². The summed E-state index contributed by atoms with van der Waals surface area (Å²) in [4.78, 5) is 28.6. The van der Waals surface area contributed by atoms with Gasteiger partial charge in [0.25, 0.3) is 5.91 Å². The van der Waals surface area contributed by atoms with Crippen LogP contribution in [-0.2, 0) is 14.3 Å². The summed E-state index contributed by atoms with van der Waals surface area (Å²) < 4.78 is 56.7. The Morgan fingerprint density at radius 1 is 0.764 bits per heavy atom. The van der Waals surface area contributed by atoms with Crippen LogP contribution in [0.3, 0.4) is 0 Å². The van der Waals surface area contributed by atoms with Crippen molar-refractivity contribution >= 4 is 29.2 Å². The fraction of sp³-hybridized carbons (Fsp3) is 0.317. The summed E-state index contributed by atoms with van der Waals surface area (Å²) >= 11 is 0. The zero-order valence-electron chi connectivity index (χ0n) is 31.3. The largest absolute Gasteiger partial charge is 0.497 e. The fourth-order valence-corrected chi connectivity index (χ4v) is 7.63. The maximum Gasteiger partial charge on any atom is 0.310 e. The summed E-state index contributed by atoms with van der Waals surface area (Å²) in [7, 11) is 10.5. The number of hydrogen-bond donors (Lipinski definition) is 2. The molecule has 14 heteroatoms. The highest BCUT2D eigenvalue weighted by molar-refractivity contribution is 6.29. The van der Waals surface area contributed by atoms with Gasteiger partial charge in [-0.25, -0.2) is 0 Å². The molecule has 4 atom stereocenters. The van der Waals surface area contributed by atoms with Gasteiger partial charge in [-0.3, -0.25) is 9.59 Å². The molecule has 0 unspecified atom stereocenters. The van der Waals surface area contributed by atoms with Gasteiger partial charge in [0.05, 0.1) is 74.1 Å². The highest BCUT2D eigenvalue weighted by Crippen LogP contribution is 2.59. The quantitative estimate of drug-likeness (QED) is 0.104. The minimum atomic E-state index is -1.15. The van der Waals surface area contributed by atoms with Crippen molar-refractivity contribution in [3.05, 3.63) is 82.4 Å². The molecule has 3 aliphatic rings. The minimum Gasteiger partial charge on any atom is -0.497 e. The summed E-state index contributed by atoms with van der Waals surface area (Å²) in [6.07, 6.45) is 0.553. The van der Waals surface area contributed by atoms with Gasteiger partial charge in [-0.15, -0.1) is 0 Å². The highest BCUT2D eigenvalue weighted by atomic mass is 16.7. The maximum atomic E-state index is 15.0. The van der Waals surface area contributed by atoms with Gasteiger partial charge in [0.1, 0.15) is 5.75 Å². The molecule has 4 aromatic rings. The number of methoxy groups -OCH3 is 7. The fourth-order valence-electron chi connectivity index (χ4n) is 7.63. The first-order chi connectivity index (χ1) is 26.7. The molecule has 55 heavy (non-hydrogen) atoms. The van der Waals surface area contributed by atoms with Gasteiger partial charge in [0, 0.05) is 17.4 Å². The van der Waals surface area contributed by atoms with Crippen LogP contribution in [0, 0.1) is 11.8 Å². The number of cyclic esters (lactones) is 1. The molecule has 1 amide bonds. The number of benzene rings is 4. The molecule has 1 saturated heterocycles. The van der Waals surface area contributed by atoms with Crippen LogP contribution in [0.15, 0.2) is 54.6 Å². The van der Waals surface area contributed by atoms with Crippen molar-refractivity contribution in [2.75, 3.05) is 68.5 Å². The first-order valence-electron chi connectivity index (χ1n) is 17.3. The zero-order chi connectivity index (χ0) is 39.0. The molecule has 0 radical (unpaired) electrons. The molecule has 2 aliphatic heterocycles. The van der Waals surface area contributed by atoms with Crippen molar-refractivity contribution in [1.82, 2.24) is 0 Å². The number of ether oxygens (including phenoxy) is 10. The lowest BCUT2D eigenvalue weighted by molar-refractivity contribution is -0.141. The Morgan fingerprint density at radius 2 is 1.36 bits per heavy atom. The van der Waals surface area contributed by atoms with Gasteiger partial charge >= 0.3 is 5.97 Å². The molecule has 2 heterocycles. The molecule has 0 aromatic heterocycles. The number of nitrogens with one attached hydrogen (secondary N) is 1. The van der Waals surface area contributed by atoms with E-state index in [1.165, 1.54) is 42.7 Å². The van der Waals surface area contributed by atoms with Gasteiger partial charge < -0.3 is 57.8 Å². The Kier molecular flexibility index (Phi) is 10.3. The summed E-state index contributed by atoms with van der Waals surface area (Å²) in [6, 6.07) is 15.7. The average molecular weight is 756 g/mol. The van der Waals surface area contributed by atoms with Crippen LogP contribution in [0.2, 0.25) is 0 Å². The van der Waals surface area contributed by atoms with Crippen molar-refractivity contribution in [2.24, 2.45) is 11.8 Å². The summed E-state index contributed by atoms with van der Waals surface area (Å²) in [5.74, 6) is -0.0674. The number of aliphatic hydroxyl groups is 1. The van der Waals surface area contributed by atoms with Crippen LogP contribution in [0.4, 0.5) is 5.69 Å². The Balaban J connectivity index is 1.45. The first-order valence-corrected chi connectivity index (χ1v) is 17.3. The summed E-state index contributed by atoms with van der Waals surface area (Å²) in [5, 5.41) is 15.0. The van der Waals surface area contributed by atoms with Gasteiger partial charge in [0.15, 0.2) is 34.5 Å². The van der Waals surface area contributed by atoms with Crippen molar-refractivity contribution < 1.29 is 62.1 Å². The number of aliphatic hydroxyl groups excluding tert-OH is 1. The maximum absolute atomic E-state index is 15.0. The molecule has 0 saturated carbocycles. The van der Waals surface area contributed by atoms with E-state index in [1.807, 2.05) is 12.1 Å². The molecule has 288 valence electrons. The Morgan fingerprint density at radius 3 is 1.93 bits per heavy atom. The summed E-state index contributed by atoms with van der Waals surface area (Å²) in [6.45, 7) is -0.139. The number of rotatable bonds is 12. The standard InChI is InChI=1S/C41H41NO13/c1-46-23-10-8-20(9-11-23)12-24(21-13-27(47-2)37(51-6)28(14-21)48-3)40(44)42-35-33-25(17-31-39(35)55-19-54-31)36(43)26-18-53-41(45)34(26)32(33)22-15-29(49-4)38(52-7)30(16-22)50-5/h8-17,26,32,34,36,43H,18-19H2,1-7H3,(H,42,44)/b24-12+/t26-,32+,34-,36-/m0/s1. The van der Waals surface area contributed by atoms with Crippen molar-refractivity contribution in [2.45, 2.75) is 12.0 Å². The Hall–Kier alpha value is -6.28. The first kappa shape index (κ1) is 37.1. The van der Waals surface area contributed by atoms with Crippen LogP contribution < -0.4 is 47.9 Å². The molecule has 4 aromatic carbocycles. The normalized spacial score (nSPS) is 19.4. The van der Waals surface area contributed by atoms with Crippen molar-refractivity contribution in [3.8, 4) is 51.7 Å². The number of carbonyl (C=O) groups is 2. The highest BCUT2D eigenvalue weighted by Gasteiger charge is 2.53. The molecule has 1 fully saturated rings. The number of amides is 1. The average Bonchev–Trinajstić information content (AvgIpc) is 3.86. The number of carbonyl (C=O) groups excluding carboxylic acids is 2. The van der Waals surface area contributed by atoms with Crippen LogP contribution in [-0.4, -0.2) is 80.2 Å². The second kappa shape index (κ2) is 15.2. The van der Waals surface area contributed by atoms with Gasteiger partial charge in [0.2, 0.25) is 18.3 Å². The van der Waals surface area contributed by atoms with Crippen molar-refractivity contribution in [3.63, 3.8) is 0 Å². The van der Waals surface area contributed by atoms with E-state index in [0.29, 0.717) is 73.8 Å². The molecule has 2 N–H and O–H groups in total. The van der Waals surface area contributed by atoms with Crippen LogP contribution in [0.5, 0.6) is 51.7 Å². The van der Waals surface area contributed by atoms with Gasteiger partial charge in [-0.2, -0.15) is 0 Å². The lowest BCUT2D eigenvalue weighted by atomic mass is 9.65. The van der Waals surface area contributed by atoms with E-state index in [0.717, 1.165) is 0 Å². The molecule has 14 nitrogen and oxygen atoms in total. The predicted molar refractivity (Wildman–Crippen MR) is 199 cm³/mol. The molecule has 0 spiro atoms. The third-order valence-electron chi connectivity index (χ3n) is 10.2. The van der Waals surface area contributed by atoms with Crippen LogP contribution in [0.1, 0.15) is 39.8 Å². The number of esters is 1. The SMILES string of the molecule is COc1ccc(/C=C(/C(=O)Nc2c3c(cc4c2[C@@H](c2cc(OC)c(OC)c(OC)c2)[C@H]2C(=O)OC[C@@H]2[C@H]4O)OCO3)c2cc(OC)c(OC)c(OC)c2)cc1. The second-order valence-electron chi connectivity index (χ2n) is 12.9. The van der Waals surface area contributed by atoms with Crippen molar-refractivity contribution in [1.29, 1.82) is 0 Å². The molecular formula is C41H41NO13. The number of hydrogen-bond acceptors (Lipinski definition) is 13. The number of fused-ring (bicyclic) bond motifs is 3. The van der Waals surface area contributed by atoms with E-state index in [9.17, 15) is 14.7 Å². The second-order valence-corrected chi connectivity index (χ2v) is 12.9. The number of anilines is 1. The predicted octanol–water partition coefficient (Wildman–Crippen LogP) is 5.62. The minimum absolute atomic E-state index is 0.00293. The van der Waals surface area contributed by atoms with E-state index in [2.05, 4.69) is 5.32 Å². The zero-order valence-corrected chi connectivity index (χ0v) is 31.3. The van der Waals surface area contributed by atoms with E-state index >= 15 is 0 Å². The lowest BCUT2D eigenvalue weighted by Gasteiger charge is -2.38. The van der Waals surface area contributed by atoms with Gasteiger partial charge in [-0.1, -0.05) is 12.1 Å². The Bertz CT molecular complexity index is 2110. The topological polar surface area (TPSA) is 159 Å².